The molecule has 2 amide bonds. The number of rotatable bonds is 7. The van der Waals surface area contributed by atoms with Crippen LogP contribution in [0.25, 0.3) is 0 Å². The van der Waals surface area contributed by atoms with Crippen molar-refractivity contribution in [1.82, 2.24) is 9.80 Å². The Morgan fingerprint density at radius 1 is 1.04 bits per heavy atom. The third-order valence-electron chi connectivity index (χ3n) is 5.21. The molecule has 0 saturated carbocycles. The average Bonchev–Trinajstić information content (AvgIpc) is 2.64. The molecule has 0 spiro atoms. The van der Waals surface area contributed by atoms with Crippen LogP contribution < -0.4 is 10.6 Å². The third kappa shape index (κ3) is 5.54. The number of amides is 2. The van der Waals surface area contributed by atoms with Crippen molar-refractivity contribution < 1.29 is 9.59 Å². The highest BCUT2D eigenvalue weighted by Crippen LogP contribution is 2.24. The minimum Gasteiger partial charge on any atom is -0.326 e. The highest BCUT2D eigenvalue weighted by Gasteiger charge is 2.19. The summed E-state index contributed by atoms with van der Waals surface area (Å²) in [4.78, 5) is 29.1. The SMILES string of the molecule is CCC(C)C(=O)Nc1cccc(NC(=O)CN2CCN(CC)CC2)c1C. The first-order valence-electron chi connectivity index (χ1n) is 9.59. The second-order valence-electron chi connectivity index (χ2n) is 7.04. The highest BCUT2D eigenvalue weighted by atomic mass is 16.2. The molecule has 1 saturated heterocycles. The van der Waals surface area contributed by atoms with Gasteiger partial charge in [-0.3, -0.25) is 14.5 Å². The van der Waals surface area contributed by atoms with Gasteiger partial charge in [0, 0.05) is 43.5 Å². The number of hydrogen-bond acceptors (Lipinski definition) is 4. The number of nitrogens with zero attached hydrogens (tertiary/aromatic N) is 2. The predicted molar refractivity (Wildman–Crippen MR) is 106 cm³/mol. The van der Waals surface area contributed by atoms with Crippen molar-refractivity contribution in [2.45, 2.75) is 34.1 Å². The summed E-state index contributed by atoms with van der Waals surface area (Å²) in [6, 6.07) is 5.60. The Balaban J connectivity index is 1.93. The molecule has 26 heavy (non-hydrogen) atoms. The molecule has 0 bridgehead atoms. The van der Waals surface area contributed by atoms with Gasteiger partial charge < -0.3 is 15.5 Å². The number of anilines is 2. The Morgan fingerprint density at radius 3 is 2.19 bits per heavy atom. The molecule has 1 aromatic rings. The van der Waals surface area contributed by atoms with E-state index in [1.165, 1.54) is 0 Å². The summed E-state index contributed by atoms with van der Waals surface area (Å²) in [5.41, 5.74) is 2.39. The van der Waals surface area contributed by atoms with Crippen molar-refractivity contribution in [3.05, 3.63) is 23.8 Å². The maximum absolute atomic E-state index is 12.4. The fraction of sp³-hybridized carbons (Fsp3) is 0.600. The van der Waals surface area contributed by atoms with Gasteiger partial charge in [0.05, 0.1) is 6.54 Å². The van der Waals surface area contributed by atoms with Crippen molar-refractivity contribution in [1.29, 1.82) is 0 Å². The lowest BCUT2D eigenvalue weighted by Gasteiger charge is -2.33. The second-order valence-corrected chi connectivity index (χ2v) is 7.04. The van der Waals surface area contributed by atoms with E-state index in [4.69, 9.17) is 0 Å². The summed E-state index contributed by atoms with van der Waals surface area (Å²) >= 11 is 0. The summed E-state index contributed by atoms with van der Waals surface area (Å²) in [7, 11) is 0. The summed E-state index contributed by atoms with van der Waals surface area (Å²) in [5.74, 6) is -0.0363. The second kappa shape index (κ2) is 9.69. The van der Waals surface area contributed by atoms with E-state index in [1.54, 1.807) is 0 Å². The Hall–Kier alpha value is -1.92. The molecular weight excluding hydrogens is 328 g/mol. The summed E-state index contributed by atoms with van der Waals surface area (Å²) in [5, 5.41) is 5.96. The Labute approximate surface area is 156 Å². The van der Waals surface area contributed by atoms with Gasteiger partial charge in [-0.2, -0.15) is 0 Å². The summed E-state index contributed by atoms with van der Waals surface area (Å²) < 4.78 is 0. The fourth-order valence-electron chi connectivity index (χ4n) is 3.00. The van der Waals surface area contributed by atoms with E-state index >= 15 is 0 Å². The van der Waals surface area contributed by atoms with Crippen molar-refractivity contribution in [2.24, 2.45) is 5.92 Å². The molecule has 0 aromatic heterocycles. The zero-order chi connectivity index (χ0) is 19.1. The van der Waals surface area contributed by atoms with Gasteiger partial charge >= 0.3 is 0 Å². The number of piperazine rings is 1. The van der Waals surface area contributed by atoms with E-state index in [9.17, 15) is 9.59 Å². The first-order chi connectivity index (χ1) is 12.4. The number of nitrogens with one attached hydrogen (secondary N) is 2. The molecule has 1 heterocycles. The van der Waals surface area contributed by atoms with E-state index in [1.807, 2.05) is 39.0 Å². The van der Waals surface area contributed by atoms with Gasteiger partial charge in [0.2, 0.25) is 11.8 Å². The van der Waals surface area contributed by atoms with Crippen LogP contribution in [0.3, 0.4) is 0 Å². The number of carbonyl (C=O) groups is 2. The van der Waals surface area contributed by atoms with Gasteiger partial charge in [-0.25, -0.2) is 0 Å². The first kappa shape index (κ1) is 20.4. The molecule has 0 radical (unpaired) electrons. The van der Waals surface area contributed by atoms with Crippen LogP contribution in [0.2, 0.25) is 0 Å². The zero-order valence-electron chi connectivity index (χ0n) is 16.5. The van der Waals surface area contributed by atoms with Crippen molar-refractivity contribution in [2.75, 3.05) is 49.9 Å². The van der Waals surface area contributed by atoms with Gasteiger partial charge in [0.15, 0.2) is 0 Å². The molecule has 1 unspecified atom stereocenters. The molecule has 6 heteroatoms. The Bertz CT molecular complexity index is 624. The normalized spacial score (nSPS) is 16.9. The number of carbonyl (C=O) groups excluding carboxylic acids is 2. The smallest absolute Gasteiger partial charge is 0.238 e. The van der Waals surface area contributed by atoms with E-state index in [0.29, 0.717) is 6.54 Å². The van der Waals surface area contributed by atoms with E-state index in [2.05, 4.69) is 27.4 Å². The van der Waals surface area contributed by atoms with Crippen LogP contribution in [-0.4, -0.2) is 60.9 Å². The molecule has 0 aliphatic carbocycles. The molecule has 1 atom stereocenters. The molecule has 1 fully saturated rings. The molecule has 2 N–H and O–H groups in total. The maximum Gasteiger partial charge on any atom is 0.238 e. The predicted octanol–water partition coefficient (Wildman–Crippen LogP) is 2.56. The number of likely N-dealkylation sites (N-methyl/N-ethyl adjacent to an activating group) is 1. The first-order valence-corrected chi connectivity index (χ1v) is 9.59. The van der Waals surface area contributed by atoms with Crippen LogP contribution in [0, 0.1) is 12.8 Å². The molecule has 6 nitrogen and oxygen atoms in total. The quantitative estimate of drug-likeness (QED) is 0.784. The van der Waals surface area contributed by atoms with Crippen LogP contribution in [0.15, 0.2) is 18.2 Å². The molecule has 1 aliphatic rings. The zero-order valence-corrected chi connectivity index (χ0v) is 16.5. The standard InChI is InChI=1S/C20H32N4O2/c1-5-15(3)20(26)22-18-9-7-8-17(16(18)4)21-19(25)14-24-12-10-23(6-2)11-13-24/h7-9,15H,5-6,10-14H2,1-4H3,(H,21,25)(H,22,26). The van der Waals surface area contributed by atoms with Gasteiger partial charge in [0.1, 0.15) is 0 Å². The molecular formula is C20H32N4O2. The summed E-state index contributed by atoms with van der Waals surface area (Å²) in [6.07, 6.45) is 0.798. The van der Waals surface area contributed by atoms with Crippen LogP contribution in [0.4, 0.5) is 11.4 Å². The Kier molecular flexibility index (Phi) is 7.60. The van der Waals surface area contributed by atoms with E-state index in [-0.39, 0.29) is 17.7 Å². The topological polar surface area (TPSA) is 64.7 Å². The number of hydrogen-bond donors (Lipinski definition) is 2. The average molecular weight is 361 g/mol. The van der Waals surface area contributed by atoms with Crippen LogP contribution >= 0.6 is 0 Å². The fourth-order valence-corrected chi connectivity index (χ4v) is 3.00. The molecule has 1 aliphatic heterocycles. The lowest BCUT2D eigenvalue weighted by molar-refractivity contribution is -0.119. The van der Waals surface area contributed by atoms with Gasteiger partial charge in [-0.05, 0) is 37.6 Å². The van der Waals surface area contributed by atoms with Crippen molar-refractivity contribution in [3.63, 3.8) is 0 Å². The van der Waals surface area contributed by atoms with E-state index < -0.39 is 0 Å². The monoisotopic (exact) mass is 360 g/mol. The molecule has 144 valence electrons. The van der Waals surface area contributed by atoms with Crippen LogP contribution in [-0.2, 0) is 9.59 Å². The van der Waals surface area contributed by atoms with Crippen LogP contribution in [0.5, 0.6) is 0 Å². The lowest BCUT2D eigenvalue weighted by atomic mass is 10.1. The van der Waals surface area contributed by atoms with Gasteiger partial charge in [-0.15, -0.1) is 0 Å². The Morgan fingerprint density at radius 2 is 1.62 bits per heavy atom. The minimum atomic E-state index is -0.0329. The highest BCUT2D eigenvalue weighted by molar-refractivity contribution is 5.97. The van der Waals surface area contributed by atoms with E-state index in [0.717, 1.165) is 56.1 Å². The molecule has 1 aromatic carbocycles. The minimum absolute atomic E-state index is 0.00729. The van der Waals surface area contributed by atoms with Gasteiger partial charge in [0.25, 0.3) is 0 Å². The van der Waals surface area contributed by atoms with Gasteiger partial charge in [-0.1, -0.05) is 26.8 Å². The van der Waals surface area contributed by atoms with Crippen LogP contribution in [0.1, 0.15) is 32.8 Å². The van der Waals surface area contributed by atoms with Crippen molar-refractivity contribution in [3.8, 4) is 0 Å². The van der Waals surface area contributed by atoms with Crippen molar-refractivity contribution >= 4 is 23.2 Å². The third-order valence-corrected chi connectivity index (χ3v) is 5.21. The molecule has 2 rings (SSSR count). The maximum atomic E-state index is 12.4. The summed E-state index contributed by atoms with van der Waals surface area (Å²) in [6.45, 7) is 13.3. The number of benzene rings is 1. The lowest BCUT2D eigenvalue weighted by Crippen LogP contribution is -2.48. The largest absolute Gasteiger partial charge is 0.326 e.